The van der Waals surface area contributed by atoms with Crippen LogP contribution in [-0.4, -0.2) is 9.84 Å². The summed E-state index contributed by atoms with van der Waals surface area (Å²) in [6, 6.07) is 8.35. The highest BCUT2D eigenvalue weighted by Gasteiger charge is 2.50. The Morgan fingerprint density at radius 2 is 1.93 bits per heavy atom. The fraction of sp³-hybridized carbons (Fsp3) is 0.455. The van der Waals surface area contributed by atoms with Crippen molar-refractivity contribution in [3.8, 4) is 5.75 Å². The lowest BCUT2D eigenvalue weighted by molar-refractivity contribution is 0.340. The van der Waals surface area contributed by atoms with Gasteiger partial charge in [-0.2, -0.15) is 0 Å². The first-order valence-corrected chi connectivity index (χ1v) is 6.32. The van der Waals surface area contributed by atoms with E-state index in [1.165, 1.54) is 5.56 Å². The maximum absolute atomic E-state index is 5.39. The SMILES string of the molecule is CCOc1ccc(C2CC2(Br)Br)cc1. The van der Waals surface area contributed by atoms with E-state index < -0.39 is 0 Å². The van der Waals surface area contributed by atoms with E-state index in [1.807, 2.05) is 19.1 Å². The van der Waals surface area contributed by atoms with E-state index in [1.54, 1.807) is 0 Å². The third kappa shape index (κ3) is 2.14. The number of hydrogen-bond acceptors (Lipinski definition) is 1. The molecule has 1 aromatic carbocycles. The second kappa shape index (κ2) is 3.86. The van der Waals surface area contributed by atoms with Gasteiger partial charge in [-0.3, -0.25) is 0 Å². The zero-order chi connectivity index (χ0) is 10.2. The van der Waals surface area contributed by atoms with Crippen LogP contribution in [0.3, 0.4) is 0 Å². The Bertz CT molecular complexity index is 319. The molecule has 1 fully saturated rings. The maximum Gasteiger partial charge on any atom is 0.119 e. The summed E-state index contributed by atoms with van der Waals surface area (Å²) in [7, 11) is 0. The van der Waals surface area contributed by atoms with Crippen LogP contribution in [-0.2, 0) is 0 Å². The van der Waals surface area contributed by atoms with Crippen LogP contribution in [0.1, 0.15) is 24.8 Å². The fourth-order valence-corrected chi connectivity index (χ4v) is 2.71. The fourth-order valence-electron chi connectivity index (χ4n) is 1.54. The molecule has 0 radical (unpaired) electrons. The van der Waals surface area contributed by atoms with Crippen LogP contribution in [0.2, 0.25) is 0 Å². The molecule has 1 nitrogen and oxygen atoms in total. The van der Waals surface area contributed by atoms with Gasteiger partial charge in [0.2, 0.25) is 0 Å². The van der Waals surface area contributed by atoms with Crippen molar-refractivity contribution in [2.75, 3.05) is 6.61 Å². The van der Waals surface area contributed by atoms with Gasteiger partial charge in [-0.1, -0.05) is 44.0 Å². The topological polar surface area (TPSA) is 9.23 Å². The number of benzene rings is 1. The number of alkyl halides is 2. The minimum absolute atomic E-state index is 0.146. The van der Waals surface area contributed by atoms with Gasteiger partial charge in [0.25, 0.3) is 0 Å². The molecule has 0 aliphatic heterocycles. The minimum atomic E-state index is 0.146. The van der Waals surface area contributed by atoms with E-state index in [9.17, 15) is 0 Å². The van der Waals surface area contributed by atoms with Crippen molar-refractivity contribution in [1.29, 1.82) is 0 Å². The van der Waals surface area contributed by atoms with Gasteiger partial charge in [-0.15, -0.1) is 0 Å². The summed E-state index contributed by atoms with van der Waals surface area (Å²) in [6.07, 6.45) is 1.15. The average Bonchev–Trinajstić information content (AvgIpc) is 2.77. The summed E-state index contributed by atoms with van der Waals surface area (Å²) < 4.78 is 5.54. The molecule has 0 bridgehead atoms. The van der Waals surface area contributed by atoms with E-state index in [4.69, 9.17) is 4.74 Å². The Kier molecular flexibility index (Phi) is 2.89. The van der Waals surface area contributed by atoms with Gasteiger partial charge in [-0.05, 0) is 31.0 Å². The van der Waals surface area contributed by atoms with Crippen LogP contribution >= 0.6 is 31.9 Å². The van der Waals surface area contributed by atoms with E-state index in [0.717, 1.165) is 18.8 Å². The van der Waals surface area contributed by atoms with Gasteiger partial charge in [0.05, 0.1) is 9.84 Å². The molecule has 0 N–H and O–H groups in total. The lowest BCUT2D eigenvalue weighted by atomic mass is 10.1. The first kappa shape index (κ1) is 10.5. The van der Waals surface area contributed by atoms with Crippen molar-refractivity contribution < 1.29 is 4.74 Å². The third-order valence-electron chi connectivity index (χ3n) is 2.42. The van der Waals surface area contributed by atoms with Crippen molar-refractivity contribution in [2.24, 2.45) is 0 Å². The van der Waals surface area contributed by atoms with Crippen LogP contribution < -0.4 is 4.74 Å². The maximum atomic E-state index is 5.39. The quantitative estimate of drug-likeness (QED) is 0.763. The molecule has 2 rings (SSSR count). The predicted octanol–water partition coefficient (Wildman–Crippen LogP) is 4.06. The van der Waals surface area contributed by atoms with Crippen LogP contribution in [0.4, 0.5) is 0 Å². The molecular weight excluding hydrogens is 308 g/mol. The van der Waals surface area contributed by atoms with Gasteiger partial charge in [0.1, 0.15) is 5.75 Å². The Morgan fingerprint density at radius 1 is 1.36 bits per heavy atom. The highest BCUT2D eigenvalue weighted by molar-refractivity contribution is 9.25. The number of ether oxygens (including phenoxy) is 1. The molecule has 1 aromatic rings. The third-order valence-corrected chi connectivity index (χ3v) is 4.17. The van der Waals surface area contributed by atoms with Crippen LogP contribution in [0.15, 0.2) is 24.3 Å². The van der Waals surface area contributed by atoms with Gasteiger partial charge in [0, 0.05) is 5.92 Å². The molecule has 1 saturated carbocycles. The lowest BCUT2D eigenvalue weighted by Crippen LogP contribution is -1.92. The highest BCUT2D eigenvalue weighted by atomic mass is 79.9. The molecule has 0 aromatic heterocycles. The molecule has 76 valence electrons. The van der Waals surface area contributed by atoms with Crippen LogP contribution in [0, 0.1) is 0 Å². The first-order valence-electron chi connectivity index (χ1n) is 4.74. The van der Waals surface area contributed by atoms with Gasteiger partial charge < -0.3 is 4.74 Å². The van der Waals surface area contributed by atoms with Crippen molar-refractivity contribution in [1.82, 2.24) is 0 Å². The molecule has 1 aliphatic carbocycles. The zero-order valence-electron chi connectivity index (χ0n) is 7.97. The monoisotopic (exact) mass is 318 g/mol. The van der Waals surface area contributed by atoms with Crippen molar-refractivity contribution in [3.05, 3.63) is 29.8 Å². The van der Waals surface area contributed by atoms with Crippen LogP contribution in [0.5, 0.6) is 5.75 Å². The molecule has 1 atom stereocenters. The largest absolute Gasteiger partial charge is 0.494 e. The average molecular weight is 320 g/mol. The van der Waals surface area contributed by atoms with E-state index >= 15 is 0 Å². The molecule has 0 saturated heterocycles. The summed E-state index contributed by atoms with van der Waals surface area (Å²) in [5.74, 6) is 1.55. The standard InChI is InChI=1S/C11H12Br2O/c1-2-14-9-5-3-8(4-6-9)10-7-11(10,12)13/h3-6,10H,2,7H2,1H3. The predicted molar refractivity (Wildman–Crippen MR) is 65.6 cm³/mol. The molecule has 1 unspecified atom stereocenters. The molecule has 0 amide bonds. The molecule has 1 aliphatic rings. The number of rotatable bonds is 3. The van der Waals surface area contributed by atoms with Gasteiger partial charge in [0.15, 0.2) is 0 Å². The number of hydrogen-bond donors (Lipinski definition) is 0. The van der Waals surface area contributed by atoms with E-state index in [0.29, 0.717) is 5.92 Å². The minimum Gasteiger partial charge on any atom is -0.494 e. The van der Waals surface area contributed by atoms with Crippen molar-refractivity contribution in [3.63, 3.8) is 0 Å². The highest BCUT2D eigenvalue weighted by Crippen LogP contribution is 2.62. The Labute approximate surface area is 101 Å². The Morgan fingerprint density at radius 3 is 2.36 bits per heavy atom. The molecule has 0 heterocycles. The van der Waals surface area contributed by atoms with Gasteiger partial charge in [-0.25, -0.2) is 0 Å². The second-order valence-electron chi connectivity index (χ2n) is 3.52. The van der Waals surface area contributed by atoms with E-state index in [-0.39, 0.29) is 3.23 Å². The van der Waals surface area contributed by atoms with Crippen LogP contribution in [0.25, 0.3) is 0 Å². The smallest absolute Gasteiger partial charge is 0.119 e. The van der Waals surface area contributed by atoms with Gasteiger partial charge >= 0.3 is 0 Å². The normalized spacial score (nSPS) is 23.2. The molecule has 0 spiro atoms. The van der Waals surface area contributed by atoms with E-state index in [2.05, 4.69) is 44.0 Å². The second-order valence-corrected chi connectivity index (χ2v) is 7.41. The summed E-state index contributed by atoms with van der Waals surface area (Å²) >= 11 is 7.25. The summed E-state index contributed by atoms with van der Waals surface area (Å²) in [5, 5.41) is 0. The summed E-state index contributed by atoms with van der Waals surface area (Å²) in [5.41, 5.74) is 1.36. The summed E-state index contributed by atoms with van der Waals surface area (Å²) in [4.78, 5) is 0. The molecule has 3 heteroatoms. The number of halogens is 2. The molecule has 14 heavy (non-hydrogen) atoms. The zero-order valence-corrected chi connectivity index (χ0v) is 11.1. The van der Waals surface area contributed by atoms with Crippen molar-refractivity contribution >= 4 is 31.9 Å². The Hall–Kier alpha value is -0.0200. The first-order chi connectivity index (χ1) is 6.63. The Balaban J connectivity index is 2.08. The summed E-state index contributed by atoms with van der Waals surface area (Å²) in [6.45, 7) is 2.72. The molecular formula is C11H12Br2O. The lowest BCUT2D eigenvalue weighted by Gasteiger charge is -2.04. The van der Waals surface area contributed by atoms with Crippen molar-refractivity contribution in [2.45, 2.75) is 22.5 Å².